The van der Waals surface area contributed by atoms with Crippen molar-refractivity contribution in [3.63, 3.8) is 0 Å². The Hall–Kier alpha value is -3.66. The van der Waals surface area contributed by atoms with Crippen molar-refractivity contribution in [3.8, 4) is 5.69 Å². The van der Waals surface area contributed by atoms with Crippen LogP contribution in [0.2, 0.25) is 0 Å². The number of imidazole rings is 1. The van der Waals surface area contributed by atoms with Gasteiger partial charge in [-0.15, -0.1) is 0 Å². The van der Waals surface area contributed by atoms with Gasteiger partial charge in [0.2, 0.25) is 5.91 Å². The van der Waals surface area contributed by atoms with Crippen LogP contribution in [-0.2, 0) is 4.79 Å². The van der Waals surface area contributed by atoms with Crippen molar-refractivity contribution >= 4 is 29.3 Å². The van der Waals surface area contributed by atoms with Crippen LogP contribution in [0.25, 0.3) is 5.69 Å². The lowest BCUT2D eigenvalue weighted by molar-refractivity contribution is -0.384. The Kier molecular flexibility index (Phi) is 7.03. The summed E-state index contributed by atoms with van der Waals surface area (Å²) in [6.07, 6.45) is 3.48. The summed E-state index contributed by atoms with van der Waals surface area (Å²) in [7, 11) is 0. The summed E-state index contributed by atoms with van der Waals surface area (Å²) < 4.78 is 1.89. The van der Waals surface area contributed by atoms with E-state index >= 15 is 0 Å². The maximum atomic E-state index is 12.1. The van der Waals surface area contributed by atoms with E-state index < -0.39 is 16.7 Å². The minimum atomic E-state index is -0.569. The zero-order chi connectivity index (χ0) is 22.4. The molecular formula is C21H21N5O4S. The highest BCUT2D eigenvalue weighted by Crippen LogP contribution is 2.22. The number of carbonyl (C=O) groups excluding carboxylic acids is 2. The van der Waals surface area contributed by atoms with E-state index in [2.05, 4.69) is 41.8 Å². The van der Waals surface area contributed by atoms with Gasteiger partial charge in [-0.3, -0.25) is 35.1 Å². The Bertz CT molecular complexity index is 1080. The van der Waals surface area contributed by atoms with Crippen molar-refractivity contribution in [1.29, 1.82) is 0 Å². The largest absolute Gasteiger partial charge is 0.295 e. The molecule has 2 amide bonds. The lowest BCUT2D eigenvalue weighted by Gasteiger charge is -2.10. The molecule has 0 saturated heterocycles. The Morgan fingerprint density at radius 2 is 1.77 bits per heavy atom. The third kappa shape index (κ3) is 5.70. The zero-order valence-electron chi connectivity index (χ0n) is 16.9. The number of thioether (sulfide) groups is 1. The van der Waals surface area contributed by atoms with E-state index in [1.165, 1.54) is 41.6 Å². The number of hydrazine groups is 1. The maximum absolute atomic E-state index is 12.1. The molecule has 2 N–H and O–H groups in total. The summed E-state index contributed by atoms with van der Waals surface area (Å²) in [4.78, 5) is 38.6. The Morgan fingerprint density at radius 1 is 1.10 bits per heavy atom. The standard InChI is InChI=1S/C21H21N5O4S/c1-14(2)15-3-7-17(8-4-15)25-12-11-22-21(25)31-13-19(27)23-24-20(28)16-5-9-18(10-6-16)26(29)30/h3-12,14H,13H2,1-2H3,(H,23,27)(H,24,28). The van der Waals surface area contributed by atoms with E-state index in [9.17, 15) is 19.7 Å². The van der Waals surface area contributed by atoms with Crippen molar-refractivity contribution in [2.45, 2.75) is 24.9 Å². The number of amides is 2. The first kappa shape index (κ1) is 22.0. The number of non-ortho nitro benzene ring substituents is 1. The SMILES string of the molecule is CC(C)c1ccc(-n2ccnc2SCC(=O)NNC(=O)c2ccc([N+](=O)[O-])cc2)cc1. The molecule has 31 heavy (non-hydrogen) atoms. The van der Waals surface area contributed by atoms with Gasteiger partial charge in [0, 0.05) is 35.8 Å². The van der Waals surface area contributed by atoms with Gasteiger partial charge in [-0.1, -0.05) is 37.7 Å². The van der Waals surface area contributed by atoms with Crippen LogP contribution in [0.3, 0.4) is 0 Å². The van der Waals surface area contributed by atoms with E-state index in [1.54, 1.807) is 6.20 Å². The molecule has 3 rings (SSSR count). The number of aromatic nitrogens is 2. The molecule has 9 nitrogen and oxygen atoms in total. The number of nitrogens with zero attached hydrogens (tertiary/aromatic N) is 3. The molecule has 0 aliphatic rings. The van der Waals surface area contributed by atoms with Crippen molar-refractivity contribution < 1.29 is 14.5 Å². The summed E-state index contributed by atoms with van der Waals surface area (Å²) in [6, 6.07) is 13.2. The quantitative estimate of drug-likeness (QED) is 0.331. The van der Waals surface area contributed by atoms with Gasteiger partial charge in [-0.05, 0) is 35.7 Å². The minimum absolute atomic E-state index is 0.0433. The van der Waals surface area contributed by atoms with Crippen LogP contribution in [-0.4, -0.2) is 32.0 Å². The fourth-order valence-electron chi connectivity index (χ4n) is 2.71. The fourth-order valence-corrected chi connectivity index (χ4v) is 3.49. The average molecular weight is 439 g/mol. The van der Waals surface area contributed by atoms with Crippen LogP contribution < -0.4 is 10.9 Å². The van der Waals surface area contributed by atoms with Gasteiger partial charge in [-0.25, -0.2) is 4.98 Å². The molecule has 0 saturated carbocycles. The maximum Gasteiger partial charge on any atom is 0.269 e. The van der Waals surface area contributed by atoms with Crippen LogP contribution in [0.1, 0.15) is 35.7 Å². The first-order chi connectivity index (χ1) is 14.8. The molecule has 0 unspecified atom stereocenters. The molecule has 0 fully saturated rings. The van der Waals surface area contributed by atoms with Crippen LogP contribution in [0.4, 0.5) is 5.69 Å². The molecule has 1 heterocycles. The van der Waals surface area contributed by atoms with E-state index in [-0.39, 0.29) is 17.0 Å². The van der Waals surface area contributed by atoms with Crippen LogP contribution >= 0.6 is 11.8 Å². The molecule has 160 valence electrons. The Balaban J connectivity index is 1.53. The second kappa shape index (κ2) is 9.90. The lowest BCUT2D eigenvalue weighted by atomic mass is 10.0. The zero-order valence-corrected chi connectivity index (χ0v) is 17.8. The topological polar surface area (TPSA) is 119 Å². The summed E-state index contributed by atoms with van der Waals surface area (Å²) >= 11 is 1.23. The van der Waals surface area contributed by atoms with Gasteiger partial charge in [0.25, 0.3) is 11.6 Å². The van der Waals surface area contributed by atoms with Gasteiger partial charge in [-0.2, -0.15) is 0 Å². The number of benzene rings is 2. The van der Waals surface area contributed by atoms with Crippen LogP contribution in [0, 0.1) is 10.1 Å². The van der Waals surface area contributed by atoms with E-state index in [0.29, 0.717) is 11.1 Å². The third-order valence-electron chi connectivity index (χ3n) is 4.43. The number of nitro benzene ring substituents is 1. The van der Waals surface area contributed by atoms with Crippen LogP contribution in [0.5, 0.6) is 0 Å². The van der Waals surface area contributed by atoms with Crippen molar-refractivity contribution in [1.82, 2.24) is 20.4 Å². The number of hydrogen-bond acceptors (Lipinski definition) is 6. The summed E-state index contributed by atoms with van der Waals surface area (Å²) in [6.45, 7) is 4.26. The molecule has 0 bridgehead atoms. The van der Waals surface area contributed by atoms with Crippen molar-refractivity contribution in [2.75, 3.05) is 5.75 Å². The Labute approximate surface area is 183 Å². The predicted octanol–water partition coefficient (Wildman–Crippen LogP) is 3.46. The van der Waals surface area contributed by atoms with Crippen molar-refractivity contribution in [3.05, 3.63) is 82.2 Å². The van der Waals surface area contributed by atoms with E-state index in [4.69, 9.17) is 0 Å². The summed E-state index contributed by atoms with van der Waals surface area (Å²) in [5, 5.41) is 11.3. The van der Waals surface area contributed by atoms with Gasteiger partial charge < -0.3 is 0 Å². The fraction of sp³-hybridized carbons (Fsp3) is 0.190. The molecule has 0 spiro atoms. The average Bonchev–Trinajstić information content (AvgIpc) is 3.24. The molecule has 10 heteroatoms. The van der Waals surface area contributed by atoms with Crippen LogP contribution in [0.15, 0.2) is 66.1 Å². The molecule has 0 radical (unpaired) electrons. The summed E-state index contributed by atoms with van der Waals surface area (Å²) in [5.74, 6) is -0.498. The van der Waals surface area contributed by atoms with Gasteiger partial charge in [0.1, 0.15) is 0 Å². The second-order valence-electron chi connectivity index (χ2n) is 6.92. The number of nitrogens with one attached hydrogen (secondary N) is 2. The normalized spacial score (nSPS) is 10.7. The predicted molar refractivity (Wildman–Crippen MR) is 117 cm³/mol. The molecule has 0 atom stereocenters. The minimum Gasteiger partial charge on any atom is -0.295 e. The Morgan fingerprint density at radius 3 is 2.39 bits per heavy atom. The van der Waals surface area contributed by atoms with Gasteiger partial charge in [0.15, 0.2) is 5.16 Å². The number of hydrogen-bond donors (Lipinski definition) is 2. The molecule has 1 aromatic heterocycles. The summed E-state index contributed by atoms with van der Waals surface area (Å²) in [5.41, 5.74) is 6.87. The molecule has 0 aliphatic heterocycles. The highest BCUT2D eigenvalue weighted by molar-refractivity contribution is 7.99. The van der Waals surface area contributed by atoms with Gasteiger partial charge in [0.05, 0.1) is 10.7 Å². The highest BCUT2D eigenvalue weighted by Gasteiger charge is 2.12. The second-order valence-corrected chi connectivity index (χ2v) is 7.86. The highest BCUT2D eigenvalue weighted by atomic mass is 32.2. The number of rotatable bonds is 7. The monoisotopic (exact) mass is 439 g/mol. The number of nitro groups is 1. The lowest BCUT2D eigenvalue weighted by Crippen LogP contribution is -2.42. The molecule has 2 aromatic carbocycles. The molecule has 3 aromatic rings. The van der Waals surface area contributed by atoms with E-state index in [1.807, 2.05) is 22.9 Å². The molecule has 0 aliphatic carbocycles. The van der Waals surface area contributed by atoms with Gasteiger partial charge >= 0.3 is 0 Å². The smallest absolute Gasteiger partial charge is 0.269 e. The number of carbonyl (C=O) groups is 2. The van der Waals surface area contributed by atoms with Crippen molar-refractivity contribution in [2.24, 2.45) is 0 Å². The first-order valence-electron chi connectivity index (χ1n) is 9.45. The molecular weight excluding hydrogens is 418 g/mol. The first-order valence-corrected chi connectivity index (χ1v) is 10.4. The third-order valence-corrected chi connectivity index (χ3v) is 5.40. The van der Waals surface area contributed by atoms with E-state index in [0.717, 1.165) is 5.69 Å².